The maximum atomic E-state index is 13.0. The SMILES string of the molecule is N#Cc1cc(F)ccc1Sc1ccccc1Cl. The van der Waals surface area contributed by atoms with E-state index in [2.05, 4.69) is 0 Å². The van der Waals surface area contributed by atoms with E-state index in [0.717, 1.165) is 4.90 Å². The lowest BCUT2D eigenvalue weighted by Crippen LogP contribution is -1.84. The maximum absolute atomic E-state index is 13.0. The van der Waals surface area contributed by atoms with E-state index in [1.807, 2.05) is 24.3 Å². The van der Waals surface area contributed by atoms with Crippen LogP contribution in [-0.4, -0.2) is 0 Å². The van der Waals surface area contributed by atoms with Crippen LogP contribution in [0.4, 0.5) is 4.39 Å². The van der Waals surface area contributed by atoms with Gasteiger partial charge in [0.25, 0.3) is 0 Å². The van der Waals surface area contributed by atoms with Gasteiger partial charge in [-0.25, -0.2) is 4.39 Å². The summed E-state index contributed by atoms with van der Waals surface area (Å²) in [5.74, 6) is -0.412. The molecule has 0 saturated carbocycles. The van der Waals surface area contributed by atoms with E-state index in [1.165, 1.54) is 23.9 Å². The normalized spacial score (nSPS) is 9.94. The Kier molecular flexibility index (Phi) is 3.68. The summed E-state index contributed by atoms with van der Waals surface area (Å²) in [7, 11) is 0. The molecule has 0 atom stereocenters. The van der Waals surface area contributed by atoms with Crippen LogP contribution >= 0.6 is 23.4 Å². The number of nitriles is 1. The maximum Gasteiger partial charge on any atom is 0.124 e. The van der Waals surface area contributed by atoms with E-state index in [0.29, 0.717) is 15.5 Å². The van der Waals surface area contributed by atoms with Crippen molar-refractivity contribution in [1.82, 2.24) is 0 Å². The average molecular weight is 264 g/mol. The zero-order chi connectivity index (χ0) is 12.3. The topological polar surface area (TPSA) is 23.8 Å². The molecule has 2 rings (SSSR count). The molecule has 2 aromatic carbocycles. The molecule has 0 radical (unpaired) electrons. The third-order valence-electron chi connectivity index (χ3n) is 2.12. The first-order chi connectivity index (χ1) is 8.20. The minimum absolute atomic E-state index is 0.315. The van der Waals surface area contributed by atoms with Gasteiger partial charge in [-0.2, -0.15) is 5.26 Å². The largest absolute Gasteiger partial charge is 0.207 e. The Hall–Kier alpha value is -1.50. The van der Waals surface area contributed by atoms with Crippen molar-refractivity contribution < 1.29 is 4.39 Å². The van der Waals surface area contributed by atoms with E-state index >= 15 is 0 Å². The minimum atomic E-state index is -0.412. The summed E-state index contributed by atoms with van der Waals surface area (Å²) in [4.78, 5) is 1.54. The van der Waals surface area contributed by atoms with Gasteiger partial charge in [-0.15, -0.1) is 0 Å². The van der Waals surface area contributed by atoms with E-state index < -0.39 is 5.82 Å². The standard InChI is InChI=1S/C13H7ClFNS/c14-11-3-1-2-4-13(11)17-12-6-5-10(15)7-9(12)8-16/h1-7H. The zero-order valence-electron chi connectivity index (χ0n) is 8.65. The lowest BCUT2D eigenvalue weighted by molar-refractivity contribution is 0.626. The second kappa shape index (κ2) is 5.22. The highest BCUT2D eigenvalue weighted by Gasteiger charge is 2.07. The summed E-state index contributed by atoms with van der Waals surface area (Å²) < 4.78 is 13.0. The Morgan fingerprint density at radius 1 is 1.12 bits per heavy atom. The van der Waals surface area contributed by atoms with Crippen LogP contribution in [0.15, 0.2) is 52.3 Å². The molecule has 0 bridgehead atoms. The first-order valence-electron chi connectivity index (χ1n) is 4.83. The smallest absolute Gasteiger partial charge is 0.124 e. The summed E-state index contributed by atoms with van der Waals surface area (Å²) >= 11 is 7.38. The van der Waals surface area contributed by atoms with Gasteiger partial charge in [0, 0.05) is 9.79 Å². The third-order valence-corrected chi connectivity index (χ3v) is 3.71. The highest BCUT2D eigenvalue weighted by atomic mass is 35.5. The van der Waals surface area contributed by atoms with Crippen LogP contribution in [-0.2, 0) is 0 Å². The first kappa shape index (κ1) is 12.0. The molecule has 4 heteroatoms. The molecule has 1 nitrogen and oxygen atoms in total. The number of nitrogens with zero attached hydrogens (tertiary/aromatic N) is 1. The van der Waals surface area contributed by atoms with Gasteiger partial charge in [-0.05, 0) is 30.3 Å². The summed E-state index contributed by atoms with van der Waals surface area (Å²) in [6.45, 7) is 0. The van der Waals surface area contributed by atoms with Gasteiger partial charge in [0.2, 0.25) is 0 Å². The quantitative estimate of drug-likeness (QED) is 0.796. The number of halogens is 2. The second-order valence-electron chi connectivity index (χ2n) is 3.28. The van der Waals surface area contributed by atoms with Crippen LogP contribution in [0.1, 0.15) is 5.56 Å². The molecule has 0 aliphatic carbocycles. The van der Waals surface area contributed by atoms with Crippen LogP contribution in [0.25, 0.3) is 0 Å². The van der Waals surface area contributed by atoms with Crippen LogP contribution < -0.4 is 0 Å². The van der Waals surface area contributed by atoms with E-state index in [1.54, 1.807) is 12.1 Å². The summed E-state index contributed by atoms with van der Waals surface area (Å²) in [6, 6.07) is 13.4. The lowest BCUT2D eigenvalue weighted by Gasteiger charge is -2.05. The number of benzene rings is 2. The van der Waals surface area contributed by atoms with E-state index in [4.69, 9.17) is 16.9 Å². The summed E-state index contributed by atoms with van der Waals surface area (Å²) in [5.41, 5.74) is 0.315. The van der Waals surface area contributed by atoms with Gasteiger partial charge in [0.05, 0.1) is 10.6 Å². The van der Waals surface area contributed by atoms with Crippen molar-refractivity contribution in [2.24, 2.45) is 0 Å². The number of hydrogen-bond donors (Lipinski definition) is 0. The van der Waals surface area contributed by atoms with Crippen molar-refractivity contribution in [3.8, 4) is 6.07 Å². The van der Waals surface area contributed by atoms with Crippen LogP contribution in [0, 0.1) is 17.1 Å². The van der Waals surface area contributed by atoms with Crippen molar-refractivity contribution >= 4 is 23.4 Å². The van der Waals surface area contributed by atoms with Gasteiger partial charge in [-0.3, -0.25) is 0 Å². The first-order valence-corrected chi connectivity index (χ1v) is 6.02. The molecule has 0 amide bonds. The van der Waals surface area contributed by atoms with Crippen molar-refractivity contribution in [3.63, 3.8) is 0 Å². The van der Waals surface area contributed by atoms with Crippen LogP contribution in [0.5, 0.6) is 0 Å². The molecular weight excluding hydrogens is 257 g/mol. The minimum Gasteiger partial charge on any atom is -0.207 e. The second-order valence-corrected chi connectivity index (χ2v) is 4.78. The van der Waals surface area contributed by atoms with Gasteiger partial charge in [0.1, 0.15) is 11.9 Å². The van der Waals surface area contributed by atoms with Gasteiger partial charge in [0.15, 0.2) is 0 Å². The number of rotatable bonds is 2. The molecular formula is C13H7ClFNS. The molecule has 0 spiro atoms. The summed E-state index contributed by atoms with van der Waals surface area (Å²) in [5, 5.41) is 9.54. The molecule has 2 aromatic rings. The molecule has 0 saturated heterocycles. The van der Waals surface area contributed by atoms with Crippen LogP contribution in [0.2, 0.25) is 5.02 Å². The average Bonchev–Trinajstić information content (AvgIpc) is 2.34. The highest BCUT2D eigenvalue weighted by molar-refractivity contribution is 7.99. The monoisotopic (exact) mass is 263 g/mol. The number of hydrogen-bond acceptors (Lipinski definition) is 2. The van der Waals surface area contributed by atoms with Gasteiger partial charge < -0.3 is 0 Å². The fourth-order valence-corrected chi connectivity index (χ4v) is 2.48. The Bertz CT molecular complexity index is 592. The molecule has 17 heavy (non-hydrogen) atoms. The molecule has 0 heterocycles. The van der Waals surface area contributed by atoms with Crippen molar-refractivity contribution in [2.75, 3.05) is 0 Å². The molecule has 0 aliphatic heterocycles. The predicted molar refractivity (Wildman–Crippen MR) is 66.7 cm³/mol. The Morgan fingerprint density at radius 3 is 2.59 bits per heavy atom. The van der Waals surface area contributed by atoms with Crippen molar-refractivity contribution in [3.05, 3.63) is 58.9 Å². The van der Waals surface area contributed by atoms with E-state index in [-0.39, 0.29) is 0 Å². The molecule has 0 aromatic heterocycles. The predicted octanol–water partition coefficient (Wildman–Crippen LogP) is 4.50. The van der Waals surface area contributed by atoms with E-state index in [9.17, 15) is 4.39 Å². The molecule has 84 valence electrons. The summed E-state index contributed by atoms with van der Waals surface area (Å²) in [6.07, 6.45) is 0. The Balaban J connectivity index is 2.37. The van der Waals surface area contributed by atoms with Crippen molar-refractivity contribution in [1.29, 1.82) is 5.26 Å². The lowest BCUT2D eigenvalue weighted by atomic mass is 10.2. The Labute approximate surface area is 108 Å². The molecule has 0 aliphatic rings. The van der Waals surface area contributed by atoms with Crippen LogP contribution in [0.3, 0.4) is 0 Å². The molecule has 0 unspecified atom stereocenters. The fraction of sp³-hybridized carbons (Fsp3) is 0. The third kappa shape index (κ3) is 2.79. The molecule has 0 fully saturated rings. The Morgan fingerprint density at radius 2 is 1.88 bits per heavy atom. The highest BCUT2D eigenvalue weighted by Crippen LogP contribution is 2.34. The zero-order valence-corrected chi connectivity index (χ0v) is 10.2. The van der Waals surface area contributed by atoms with Crippen molar-refractivity contribution in [2.45, 2.75) is 9.79 Å². The fourth-order valence-electron chi connectivity index (χ4n) is 1.32. The molecule has 0 N–H and O–H groups in total. The van der Waals surface area contributed by atoms with Gasteiger partial charge in [-0.1, -0.05) is 35.5 Å². The van der Waals surface area contributed by atoms with Gasteiger partial charge >= 0.3 is 0 Å².